The van der Waals surface area contributed by atoms with Gasteiger partial charge in [0.25, 0.3) is 0 Å². The highest BCUT2D eigenvalue weighted by Gasteiger charge is 2.64. The van der Waals surface area contributed by atoms with Crippen LogP contribution in [-0.2, 0) is 9.59 Å². The van der Waals surface area contributed by atoms with Gasteiger partial charge in [-0.15, -0.1) is 0 Å². The lowest BCUT2D eigenvalue weighted by molar-refractivity contribution is -0.142. The molecule has 5 nitrogen and oxygen atoms in total. The lowest BCUT2D eigenvalue weighted by atomic mass is 9.86. The zero-order valence-electron chi connectivity index (χ0n) is 17.4. The van der Waals surface area contributed by atoms with Crippen molar-refractivity contribution < 1.29 is 14.4 Å². The second-order valence-corrected chi connectivity index (χ2v) is 9.41. The summed E-state index contributed by atoms with van der Waals surface area (Å²) in [6, 6.07) is 13.7. The number of benzene rings is 2. The van der Waals surface area contributed by atoms with Gasteiger partial charge in [-0.1, -0.05) is 65.3 Å². The zero-order valence-corrected chi connectivity index (χ0v) is 19.0. The molecule has 3 aliphatic rings. The van der Waals surface area contributed by atoms with Crippen LogP contribution in [0.2, 0.25) is 0 Å². The summed E-state index contributed by atoms with van der Waals surface area (Å²) in [7, 11) is 0. The fourth-order valence-corrected chi connectivity index (χ4v) is 5.64. The van der Waals surface area contributed by atoms with E-state index in [1.54, 1.807) is 12.1 Å². The Morgan fingerprint density at radius 1 is 1.06 bits per heavy atom. The van der Waals surface area contributed by atoms with Crippen LogP contribution in [-0.4, -0.2) is 40.6 Å². The van der Waals surface area contributed by atoms with Gasteiger partial charge in [-0.05, 0) is 37.1 Å². The van der Waals surface area contributed by atoms with Crippen molar-refractivity contribution in [1.29, 1.82) is 0 Å². The molecule has 0 unspecified atom stereocenters. The summed E-state index contributed by atoms with van der Waals surface area (Å²) in [5, 5.41) is 0. The van der Waals surface area contributed by atoms with Crippen LogP contribution in [0.1, 0.15) is 36.2 Å². The Labute approximate surface area is 189 Å². The van der Waals surface area contributed by atoms with E-state index in [0.29, 0.717) is 12.0 Å². The van der Waals surface area contributed by atoms with Gasteiger partial charge in [0, 0.05) is 21.8 Å². The SMILES string of the molecule is CC[C@H](C)N1C(=O)[C@@H]2[C@H](C1=O)[C@@H](C(=O)c1ccccc1)N1c3ccc(Br)cc3C=C[C@H]21. The van der Waals surface area contributed by atoms with E-state index >= 15 is 0 Å². The smallest absolute Gasteiger partial charge is 0.236 e. The van der Waals surface area contributed by atoms with E-state index < -0.39 is 17.9 Å². The van der Waals surface area contributed by atoms with Gasteiger partial charge in [0.15, 0.2) is 5.78 Å². The average Bonchev–Trinajstić information content (AvgIpc) is 3.26. The van der Waals surface area contributed by atoms with Gasteiger partial charge in [-0.2, -0.15) is 0 Å². The van der Waals surface area contributed by atoms with Gasteiger partial charge in [0.05, 0.1) is 17.9 Å². The summed E-state index contributed by atoms with van der Waals surface area (Å²) >= 11 is 3.51. The molecule has 0 aliphatic carbocycles. The largest absolute Gasteiger partial charge is 0.352 e. The van der Waals surface area contributed by atoms with Gasteiger partial charge in [-0.25, -0.2) is 0 Å². The third kappa shape index (κ3) is 2.92. The van der Waals surface area contributed by atoms with E-state index in [1.165, 1.54) is 4.90 Å². The van der Waals surface area contributed by atoms with E-state index in [4.69, 9.17) is 0 Å². The number of halogens is 1. The van der Waals surface area contributed by atoms with Crippen LogP contribution in [0.4, 0.5) is 5.69 Å². The van der Waals surface area contributed by atoms with Crippen molar-refractivity contribution in [3.63, 3.8) is 0 Å². The first-order valence-electron chi connectivity index (χ1n) is 10.7. The number of likely N-dealkylation sites (tertiary alicyclic amines) is 1. The maximum Gasteiger partial charge on any atom is 0.236 e. The summed E-state index contributed by atoms with van der Waals surface area (Å²) < 4.78 is 0.940. The summed E-state index contributed by atoms with van der Waals surface area (Å²) in [6.07, 6.45) is 4.67. The average molecular weight is 479 g/mol. The standard InChI is InChI=1S/C25H23BrN2O3/c1-3-14(2)27-24(30)20-19-11-9-16-13-17(26)10-12-18(16)28(19)22(21(20)25(27)31)23(29)15-7-5-4-6-8-15/h4-14,19-22H,3H2,1-2H3/t14-,19+,20-,21-,22-/m0/s1. The Bertz CT molecular complexity index is 1110. The number of imide groups is 1. The van der Waals surface area contributed by atoms with E-state index in [-0.39, 0.29) is 29.7 Å². The molecule has 2 amide bonds. The topological polar surface area (TPSA) is 57.7 Å². The second kappa shape index (κ2) is 7.45. The molecule has 2 saturated heterocycles. The number of hydrogen-bond donors (Lipinski definition) is 0. The maximum absolute atomic E-state index is 13.8. The molecule has 0 saturated carbocycles. The molecule has 2 fully saturated rings. The fraction of sp³-hybridized carbons (Fsp3) is 0.320. The molecule has 3 aliphatic heterocycles. The molecular weight excluding hydrogens is 456 g/mol. The maximum atomic E-state index is 13.8. The number of amides is 2. The van der Waals surface area contributed by atoms with Crippen molar-refractivity contribution in [3.05, 3.63) is 70.2 Å². The molecule has 0 spiro atoms. The van der Waals surface area contributed by atoms with Crippen LogP contribution in [0, 0.1) is 11.8 Å². The Morgan fingerprint density at radius 2 is 1.77 bits per heavy atom. The molecule has 6 heteroatoms. The number of nitrogens with zero attached hydrogens (tertiary/aromatic N) is 2. The fourth-order valence-electron chi connectivity index (χ4n) is 5.26. The molecule has 5 atom stereocenters. The number of carbonyl (C=O) groups excluding carboxylic acids is 3. The molecule has 0 aromatic heterocycles. The van der Waals surface area contributed by atoms with Crippen LogP contribution in [0.25, 0.3) is 6.08 Å². The van der Waals surface area contributed by atoms with Crippen LogP contribution in [0.15, 0.2) is 59.1 Å². The summed E-state index contributed by atoms with van der Waals surface area (Å²) in [5.74, 6) is -1.73. The molecule has 2 aromatic carbocycles. The highest BCUT2D eigenvalue weighted by molar-refractivity contribution is 9.10. The number of carbonyl (C=O) groups is 3. The summed E-state index contributed by atoms with van der Waals surface area (Å²) in [4.78, 5) is 44.2. The number of anilines is 1. The van der Waals surface area contributed by atoms with Crippen molar-refractivity contribution in [2.75, 3.05) is 4.90 Å². The predicted octanol–water partition coefficient (Wildman–Crippen LogP) is 4.32. The first-order chi connectivity index (χ1) is 14.9. The molecule has 3 heterocycles. The third-order valence-electron chi connectivity index (χ3n) is 6.86. The Morgan fingerprint density at radius 3 is 2.48 bits per heavy atom. The van der Waals surface area contributed by atoms with Crippen molar-refractivity contribution in [1.82, 2.24) is 4.90 Å². The first kappa shape index (κ1) is 20.2. The Balaban J connectivity index is 1.66. The molecule has 5 rings (SSSR count). The van der Waals surface area contributed by atoms with Crippen molar-refractivity contribution in [2.45, 2.75) is 38.4 Å². The Hall–Kier alpha value is -2.73. The first-order valence-corrected chi connectivity index (χ1v) is 11.5. The number of fused-ring (bicyclic) bond motifs is 5. The molecule has 31 heavy (non-hydrogen) atoms. The van der Waals surface area contributed by atoms with Gasteiger partial charge >= 0.3 is 0 Å². The molecule has 2 aromatic rings. The van der Waals surface area contributed by atoms with Crippen LogP contribution < -0.4 is 4.90 Å². The minimum atomic E-state index is -0.715. The summed E-state index contributed by atoms with van der Waals surface area (Å²) in [6.45, 7) is 3.86. The summed E-state index contributed by atoms with van der Waals surface area (Å²) in [5.41, 5.74) is 2.41. The number of rotatable bonds is 4. The molecule has 0 bridgehead atoms. The van der Waals surface area contributed by atoms with Crippen LogP contribution in [0.3, 0.4) is 0 Å². The highest BCUT2D eigenvalue weighted by Crippen LogP contribution is 2.49. The lowest BCUT2D eigenvalue weighted by Gasteiger charge is -2.37. The number of Topliss-reactive ketones (excluding diaryl/α,β-unsaturated/α-hetero) is 1. The number of hydrogen-bond acceptors (Lipinski definition) is 4. The molecule has 0 radical (unpaired) electrons. The number of ketones is 1. The molecule has 158 valence electrons. The quantitative estimate of drug-likeness (QED) is 0.485. The van der Waals surface area contributed by atoms with Crippen molar-refractivity contribution >= 4 is 45.3 Å². The molecular formula is C25H23BrN2O3. The van der Waals surface area contributed by atoms with Crippen LogP contribution in [0.5, 0.6) is 0 Å². The zero-order chi connectivity index (χ0) is 21.9. The van der Waals surface area contributed by atoms with Crippen molar-refractivity contribution in [3.8, 4) is 0 Å². The van der Waals surface area contributed by atoms with Gasteiger partial charge in [-0.3, -0.25) is 19.3 Å². The van der Waals surface area contributed by atoms with Crippen LogP contribution >= 0.6 is 15.9 Å². The van der Waals surface area contributed by atoms with Crippen molar-refractivity contribution in [2.24, 2.45) is 11.8 Å². The normalized spacial score (nSPS) is 27.2. The van der Waals surface area contributed by atoms with E-state index in [1.807, 2.05) is 67.3 Å². The van der Waals surface area contributed by atoms with Gasteiger partial charge < -0.3 is 4.90 Å². The molecule has 0 N–H and O–H groups in total. The third-order valence-corrected chi connectivity index (χ3v) is 7.35. The van der Waals surface area contributed by atoms with E-state index in [9.17, 15) is 14.4 Å². The minimum Gasteiger partial charge on any atom is -0.352 e. The Kier molecular flexibility index (Phi) is 4.85. The lowest BCUT2D eigenvalue weighted by Crippen LogP contribution is -2.50. The van der Waals surface area contributed by atoms with Gasteiger partial charge in [0.2, 0.25) is 11.8 Å². The highest BCUT2D eigenvalue weighted by atomic mass is 79.9. The minimum absolute atomic E-state index is 0.116. The van der Waals surface area contributed by atoms with Gasteiger partial charge in [0.1, 0.15) is 6.04 Å². The second-order valence-electron chi connectivity index (χ2n) is 8.49. The van der Waals surface area contributed by atoms with E-state index in [0.717, 1.165) is 15.7 Å². The van der Waals surface area contributed by atoms with E-state index in [2.05, 4.69) is 15.9 Å². The monoisotopic (exact) mass is 478 g/mol. The predicted molar refractivity (Wildman–Crippen MR) is 123 cm³/mol.